The molecule has 3 aromatic rings. The second-order valence-electron chi connectivity index (χ2n) is 3.64. The van der Waals surface area contributed by atoms with Crippen LogP contribution in [0.5, 0.6) is 0 Å². The molecular weight excluding hydrogens is 221 g/mol. The Kier molecular flexibility index (Phi) is 2.04. The van der Waals surface area contributed by atoms with Gasteiger partial charge in [-0.25, -0.2) is 9.18 Å². The van der Waals surface area contributed by atoms with Crippen molar-refractivity contribution in [2.24, 2.45) is 0 Å². The van der Waals surface area contributed by atoms with Crippen LogP contribution in [0.3, 0.4) is 0 Å². The molecule has 84 valence electrons. The fraction of sp³-hybridized carbons (Fsp3) is 0. The zero-order valence-electron chi connectivity index (χ0n) is 8.72. The minimum Gasteiger partial charge on any atom is -0.305 e. The minimum atomic E-state index is -0.382. The van der Waals surface area contributed by atoms with E-state index in [1.54, 1.807) is 30.6 Å². The number of rotatable bonds is 1. The number of imidazole rings is 1. The SMILES string of the molecule is O=c1[nH]c2ccncc2n1-c1cccc(F)c1. The number of nitrogens with zero attached hydrogens (tertiary/aromatic N) is 2. The number of pyridine rings is 1. The zero-order valence-corrected chi connectivity index (χ0v) is 8.72. The summed E-state index contributed by atoms with van der Waals surface area (Å²) >= 11 is 0. The molecule has 0 spiro atoms. The van der Waals surface area contributed by atoms with Gasteiger partial charge in [-0.1, -0.05) is 6.07 Å². The van der Waals surface area contributed by atoms with Gasteiger partial charge in [0.15, 0.2) is 0 Å². The first-order valence-corrected chi connectivity index (χ1v) is 5.06. The molecular formula is C12H8FN3O. The fourth-order valence-corrected chi connectivity index (χ4v) is 1.82. The van der Waals surface area contributed by atoms with E-state index in [0.717, 1.165) is 0 Å². The van der Waals surface area contributed by atoms with Crippen LogP contribution >= 0.6 is 0 Å². The first kappa shape index (κ1) is 9.77. The molecule has 0 saturated carbocycles. The Bertz CT molecular complexity index is 745. The smallest absolute Gasteiger partial charge is 0.305 e. The predicted octanol–water partition coefficient (Wildman–Crippen LogP) is 1.85. The van der Waals surface area contributed by atoms with Crippen molar-refractivity contribution in [1.82, 2.24) is 14.5 Å². The van der Waals surface area contributed by atoms with E-state index in [4.69, 9.17) is 0 Å². The van der Waals surface area contributed by atoms with Gasteiger partial charge in [-0.2, -0.15) is 0 Å². The number of aromatic nitrogens is 3. The average Bonchev–Trinajstić information content (AvgIpc) is 2.64. The number of hydrogen-bond donors (Lipinski definition) is 1. The molecule has 17 heavy (non-hydrogen) atoms. The minimum absolute atomic E-state index is 0.307. The number of fused-ring (bicyclic) bond motifs is 1. The van der Waals surface area contributed by atoms with Crippen molar-refractivity contribution in [2.45, 2.75) is 0 Å². The lowest BCUT2D eigenvalue weighted by molar-refractivity contribution is 0.626. The number of aromatic amines is 1. The van der Waals surface area contributed by atoms with Crippen molar-refractivity contribution in [3.05, 3.63) is 59.0 Å². The first-order valence-electron chi connectivity index (χ1n) is 5.06. The van der Waals surface area contributed by atoms with Gasteiger partial charge in [0.1, 0.15) is 5.82 Å². The van der Waals surface area contributed by atoms with Gasteiger partial charge in [0.2, 0.25) is 0 Å². The standard InChI is InChI=1S/C12H8FN3O/c13-8-2-1-3-9(6-8)16-11-7-14-5-4-10(11)15-12(16)17/h1-7H,(H,15,17). The van der Waals surface area contributed by atoms with E-state index in [2.05, 4.69) is 9.97 Å². The second-order valence-corrected chi connectivity index (χ2v) is 3.64. The van der Waals surface area contributed by atoms with Crippen LogP contribution < -0.4 is 5.69 Å². The highest BCUT2D eigenvalue weighted by molar-refractivity contribution is 5.75. The Morgan fingerprint density at radius 3 is 3.00 bits per heavy atom. The van der Waals surface area contributed by atoms with E-state index in [-0.39, 0.29) is 11.5 Å². The second kappa shape index (κ2) is 3.55. The number of benzene rings is 1. The van der Waals surface area contributed by atoms with Crippen LogP contribution in [0.25, 0.3) is 16.7 Å². The summed E-state index contributed by atoms with van der Waals surface area (Å²) < 4.78 is 14.5. The highest BCUT2D eigenvalue weighted by Gasteiger charge is 2.08. The van der Waals surface area contributed by atoms with E-state index >= 15 is 0 Å². The maximum Gasteiger partial charge on any atom is 0.331 e. The highest BCUT2D eigenvalue weighted by Crippen LogP contribution is 2.14. The summed E-state index contributed by atoms with van der Waals surface area (Å²) in [7, 11) is 0. The van der Waals surface area contributed by atoms with Gasteiger partial charge in [0, 0.05) is 6.20 Å². The van der Waals surface area contributed by atoms with E-state index in [0.29, 0.717) is 16.7 Å². The maximum absolute atomic E-state index is 13.1. The third-order valence-corrected chi connectivity index (χ3v) is 2.55. The predicted molar refractivity (Wildman–Crippen MR) is 61.6 cm³/mol. The quantitative estimate of drug-likeness (QED) is 0.692. The average molecular weight is 229 g/mol. The molecule has 2 aromatic heterocycles. The van der Waals surface area contributed by atoms with E-state index in [1.807, 2.05) is 0 Å². The molecule has 3 rings (SSSR count). The normalized spacial score (nSPS) is 10.9. The van der Waals surface area contributed by atoms with Crippen LogP contribution in [0.4, 0.5) is 4.39 Å². The van der Waals surface area contributed by atoms with Crippen LogP contribution in [0, 0.1) is 5.82 Å². The number of nitrogens with one attached hydrogen (secondary N) is 1. The van der Waals surface area contributed by atoms with Crippen molar-refractivity contribution >= 4 is 11.0 Å². The van der Waals surface area contributed by atoms with Crippen LogP contribution in [0.15, 0.2) is 47.5 Å². The molecule has 4 nitrogen and oxygen atoms in total. The molecule has 0 bridgehead atoms. The summed E-state index contributed by atoms with van der Waals surface area (Å²) in [5, 5.41) is 0. The van der Waals surface area contributed by atoms with Crippen molar-refractivity contribution < 1.29 is 4.39 Å². The lowest BCUT2D eigenvalue weighted by Gasteiger charge is -2.02. The summed E-state index contributed by atoms with van der Waals surface area (Å²) in [4.78, 5) is 18.5. The van der Waals surface area contributed by atoms with Crippen molar-refractivity contribution in [3.8, 4) is 5.69 Å². The van der Waals surface area contributed by atoms with Crippen molar-refractivity contribution in [3.63, 3.8) is 0 Å². The summed E-state index contributed by atoms with van der Waals surface area (Å²) in [6.45, 7) is 0. The summed E-state index contributed by atoms with van der Waals surface area (Å²) in [5.41, 5.74) is 1.48. The number of hydrogen-bond acceptors (Lipinski definition) is 2. The first-order chi connectivity index (χ1) is 8.25. The molecule has 0 fully saturated rings. The van der Waals surface area contributed by atoms with E-state index in [9.17, 15) is 9.18 Å². The fourth-order valence-electron chi connectivity index (χ4n) is 1.82. The third kappa shape index (κ3) is 1.52. The molecule has 0 atom stereocenters. The van der Waals surface area contributed by atoms with Crippen LogP contribution in [0.1, 0.15) is 0 Å². The molecule has 1 aromatic carbocycles. The Hall–Kier alpha value is -2.43. The molecule has 0 aliphatic carbocycles. The Morgan fingerprint density at radius 2 is 2.18 bits per heavy atom. The largest absolute Gasteiger partial charge is 0.331 e. The Morgan fingerprint density at radius 1 is 1.29 bits per heavy atom. The lowest BCUT2D eigenvalue weighted by atomic mass is 10.3. The van der Waals surface area contributed by atoms with Gasteiger partial charge in [-0.05, 0) is 24.3 Å². The van der Waals surface area contributed by atoms with Gasteiger partial charge in [0.25, 0.3) is 0 Å². The molecule has 2 heterocycles. The van der Waals surface area contributed by atoms with E-state index in [1.165, 1.54) is 16.7 Å². The monoisotopic (exact) mass is 229 g/mol. The Labute approximate surface area is 95.4 Å². The molecule has 0 saturated heterocycles. The number of H-pyrrole nitrogens is 1. The lowest BCUT2D eigenvalue weighted by Crippen LogP contribution is -2.14. The van der Waals surface area contributed by atoms with Gasteiger partial charge in [-0.15, -0.1) is 0 Å². The molecule has 0 aliphatic rings. The molecule has 0 aliphatic heterocycles. The summed E-state index contributed by atoms with van der Waals surface area (Å²) in [5.74, 6) is -0.382. The summed E-state index contributed by atoms with van der Waals surface area (Å²) in [6.07, 6.45) is 3.16. The van der Waals surface area contributed by atoms with Gasteiger partial charge < -0.3 is 4.98 Å². The van der Waals surface area contributed by atoms with Gasteiger partial charge >= 0.3 is 5.69 Å². The van der Waals surface area contributed by atoms with Crippen LogP contribution in [-0.4, -0.2) is 14.5 Å². The maximum atomic E-state index is 13.1. The topological polar surface area (TPSA) is 50.7 Å². The molecule has 0 unspecified atom stereocenters. The Balaban J connectivity index is 2.37. The zero-order chi connectivity index (χ0) is 11.8. The molecule has 0 radical (unpaired) electrons. The molecule has 0 amide bonds. The molecule has 1 N–H and O–H groups in total. The highest BCUT2D eigenvalue weighted by atomic mass is 19.1. The molecule has 5 heteroatoms. The van der Waals surface area contributed by atoms with Crippen LogP contribution in [-0.2, 0) is 0 Å². The van der Waals surface area contributed by atoms with Crippen molar-refractivity contribution in [2.75, 3.05) is 0 Å². The van der Waals surface area contributed by atoms with Crippen LogP contribution in [0.2, 0.25) is 0 Å². The van der Waals surface area contributed by atoms with E-state index < -0.39 is 0 Å². The third-order valence-electron chi connectivity index (χ3n) is 2.55. The number of halogens is 1. The van der Waals surface area contributed by atoms with Gasteiger partial charge in [0.05, 0.1) is 22.9 Å². The van der Waals surface area contributed by atoms with Crippen molar-refractivity contribution in [1.29, 1.82) is 0 Å². The van der Waals surface area contributed by atoms with Gasteiger partial charge in [-0.3, -0.25) is 9.55 Å². The summed E-state index contributed by atoms with van der Waals surface area (Å²) in [6, 6.07) is 7.58.